The Kier molecular flexibility index (Phi) is 4.47. The first-order valence-corrected chi connectivity index (χ1v) is 9.06. The number of rotatable bonds is 4. The lowest BCUT2D eigenvalue weighted by Gasteiger charge is -2.11. The fourth-order valence-electron chi connectivity index (χ4n) is 3.27. The van der Waals surface area contributed by atoms with Crippen molar-refractivity contribution < 1.29 is 13.6 Å². The summed E-state index contributed by atoms with van der Waals surface area (Å²) in [7, 11) is 0. The van der Waals surface area contributed by atoms with Crippen molar-refractivity contribution in [3.63, 3.8) is 0 Å². The molecule has 130 valence electrons. The zero-order chi connectivity index (χ0) is 18.1. The van der Waals surface area contributed by atoms with Gasteiger partial charge in [-0.3, -0.25) is 4.79 Å². The van der Waals surface area contributed by atoms with Crippen molar-refractivity contribution in [2.45, 2.75) is 17.1 Å². The van der Waals surface area contributed by atoms with Gasteiger partial charge in [-0.25, -0.2) is 0 Å². The van der Waals surface area contributed by atoms with Crippen molar-refractivity contribution in [3.8, 4) is 11.1 Å². The molecule has 0 saturated carbocycles. The highest BCUT2D eigenvalue weighted by Gasteiger charge is 2.19. The van der Waals surface area contributed by atoms with Crippen LogP contribution in [0.25, 0.3) is 11.1 Å². The molecule has 0 bridgehead atoms. The van der Waals surface area contributed by atoms with E-state index in [1.807, 2.05) is 30.3 Å². The number of amides is 1. The Labute approximate surface area is 154 Å². The van der Waals surface area contributed by atoms with Crippen LogP contribution >= 0.6 is 11.8 Å². The molecule has 2 nitrogen and oxygen atoms in total. The second-order valence-corrected chi connectivity index (χ2v) is 7.07. The van der Waals surface area contributed by atoms with E-state index in [4.69, 9.17) is 0 Å². The lowest BCUT2D eigenvalue weighted by atomic mass is 10.1. The topological polar surface area (TPSA) is 29.1 Å². The van der Waals surface area contributed by atoms with E-state index in [1.54, 1.807) is 18.2 Å². The van der Waals surface area contributed by atoms with Crippen LogP contribution < -0.4 is 5.32 Å². The molecule has 4 rings (SSSR count). The minimum atomic E-state index is -2.57. The van der Waals surface area contributed by atoms with Crippen molar-refractivity contribution >= 4 is 23.4 Å². The van der Waals surface area contributed by atoms with Gasteiger partial charge in [-0.15, -0.1) is 0 Å². The molecule has 1 amide bonds. The van der Waals surface area contributed by atoms with Crippen molar-refractivity contribution in [2.75, 3.05) is 5.32 Å². The van der Waals surface area contributed by atoms with E-state index in [0.29, 0.717) is 17.4 Å². The Morgan fingerprint density at radius 2 is 1.65 bits per heavy atom. The second kappa shape index (κ2) is 6.92. The summed E-state index contributed by atoms with van der Waals surface area (Å²) in [6.45, 7) is 0. The molecule has 3 aromatic carbocycles. The number of hydrogen-bond donors (Lipinski definition) is 1. The Morgan fingerprint density at radius 3 is 2.50 bits per heavy atom. The standard InChI is InChI=1S/C21H15F2NOS/c22-21(23)26-19-8-4-3-7-18(19)20(25)24-15-9-10-17-14(12-15)11-13-5-1-2-6-16(13)17/h1-10,12,21H,11H2,(H,24,25). The van der Waals surface area contributed by atoms with Crippen LogP contribution in [0.4, 0.5) is 14.5 Å². The summed E-state index contributed by atoms with van der Waals surface area (Å²) >= 11 is 0.381. The maximum absolute atomic E-state index is 12.7. The largest absolute Gasteiger partial charge is 0.322 e. The molecule has 0 spiro atoms. The monoisotopic (exact) mass is 367 g/mol. The van der Waals surface area contributed by atoms with Crippen LogP contribution in [-0.4, -0.2) is 11.7 Å². The quantitative estimate of drug-likeness (QED) is 0.460. The number of thioether (sulfide) groups is 1. The Hall–Kier alpha value is -2.66. The van der Waals surface area contributed by atoms with Crippen LogP contribution in [0.3, 0.4) is 0 Å². The molecule has 26 heavy (non-hydrogen) atoms. The molecule has 1 aliphatic carbocycles. The fourth-order valence-corrected chi connectivity index (χ4v) is 3.91. The van der Waals surface area contributed by atoms with Crippen LogP contribution in [0.1, 0.15) is 21.5 Å². The van der Waals surface area contributed by atoms with E-state index in [0.717, 1.165) is 12.0 Å². The minimum Gasteiger partial charge on any atom is -0.322 e. The van der Waals surface area contributed by atoms with Crippen LogP contribution in [0.2, 0.25) is 0 Å². The average Bonchev–Trinajstić information content (AvgIpc) is 2.99. The van der Waals surface area contributed by atoms with E-state index in [-0.39, 0.29) is 16.4 Å². The molecule has 0 fully saturated rings. The molecule has 0 aliphatic heterocycles. The Morgan fingerprint density at radius 1 is 0.923 bits per heavy atom. The second-order valence-electron chi connectivity index (χ2n) is 6.03. The van der Waals surface area contributed by atoms with E-state index in [2.05, 4.69) is 17.4 Å². The molecule has 1 N–H and O–H groups in total. The van der Waals surface area contributed by atoms with E-state index in [1.165, 1.54) is 22.8 Å². The number of benzene rings is 3. The number of hydrogen-bond acceptors (Lipinski definition) is 2. The van der Waals surface area contributed by atoms with Gasteiger partial charge in [0.2, 0.25) is 0 Å². The highest BCUT2D eigenvalue weighted by atomic mass is 32.2. The highest BCUT2D eigenvalue weighted by Crippen LogP contribution is 2.37. The minimum absolute atomic E-state index is 0.251. The van der Waals surface area contributed by atoms with Crippen LogP contribution in [0.15, 0.2) is 71.6 Å². The summed E-state index contributed by atoms with van der Waals surface area (Å²) in [4.78, 5) is 12.8. The number of fused-ring (bicyclic) bond motifs is 3. The van der Waals surface area contributed by atoms with Gasteiger partial charge in [0.05, 0.1) is 5.56 Å². The van der Waals surface area contributed by atoms with Crippen molar-refractivity contribution in [3.05, 3.63) is 83.4 Å². The first-order chi connectivity index (χ1) is 12.6. The van der Waals surface area contributed by atoms with Gasteiger partial charge in [0.1, 0.15) is 0 Å². The average molecular weight is 367 g/mol. The van der Waals surface area contributed by atoms with Gasteiger partial charge in [0, 0.05) is 10.6 Å². The third-order valence-corrected chi connectivity index (χ3v) is 5.19. The van der Waals surface area contributed by atoms with Crippen molar-refractivity contribution in [1.29, 1.82) is 0 Å². The summed E-state index contributed by atoms with van der Waals surface area (Å²) in [5, 5.41) is 2.83. The number of carbonyl (C=O) groups excluding carboxylic acids is 1. The van der Waals surface area contributed by atoms with Gasteiger partial charge in [0.15, 0.2) is 0 Å². The summed E-state index contributed by atoms with van der Waals surface area (Å²) < 4.78 is 25.4. The number of halogens is 2. The number of anilines is 1. The summed E-state index contributed by atoms with van der Waals surface area (Å²) in [5.74, 6) is -2.95. The van der Waals surface area contributed by atoms with Crippen LogP contribution in [-0.2, 0) is 6.42 Å². The van der Waals surface area contributed by atoms with Gasteiger partial charge >= 0.3 is 0 Å². The number of carbonyl (C=O) groups is 1. The fraction of sp³-hybridized carbons (Fsp3) is 0.0952. The normalized spacial score (nSPS) is 12.0. The summed E-state index contributed by atoms with van der Waals surface area (Å²) in [6.07, 6.45) is 0.826. The molecule has 0 radical (unpaired) electrons. The van der Waals surface area contributed by atoms with Gasteiger partial charge in [-0.2, -0.15) is 8.78 Å². The predicted molar refractivity (Wildman–Crippen MR) is 101 cm³/mol. The molecule has 0 aromatic heterocycles. The molecule has 0 heterocycles. The van der Waals surface area contributed by atoms with Crippen LogP contribution in [0, 0.1) is 0 Å². The maximum Gasteiger partial charge on any atom is 0.288 e. The third-order valence-electron chi connectivity index (χ3n) is 4.40. The summed E-state index contributed by atoms with van der Waals surface area (Å²) in [5.41, 5.74) is 5.73. The summed E-state index contributed by atoms with van der Waals surface area (Å²) in [6, 6.07) is 20.4. The van der Waals surface area contributed by atoms with Gasteiger partial charge in [-0.1, -0.05) is 54.2 Å². The van der Waals surface area contributed by atoms with Gasteiger partial charge in [0.25, 0.3) is 11.7 Å². The smallest absolute Gasteiger partial charge is 0.288 e. The molecular formula is C21H15F2NOS. The highest BCUT2D eigenvalue weighted by molar-refractivity contribution is 7.99. The van der Waals surface area contributed by atoms with E-state index < -0.39 is 5.76 Å². The first-order valence-electron chi connectivity index (χ1n) is 8.18. The molecule has 5 heteroatoms. The molecule has 0 unspecified atom stereocenters. The lowest BCUT2D eigenvalue weighted by molar-refractivity contribution is 0.102. The van der Waals surface area contributed by atoms with Crippen LogP contribution in [0.5, 0.6) is 0 Å². The van der Waals surface area contributed by atoms with E-state index in [9.17, 15) is 13.6 Å². The van der Waals surface area contributed by atoms with Crippen molar-refractivity contribution in [2.24, 2.45) is 0 Å². The van der Waals surface area contributed by atoms with Gasteiger partial charge < -0.3 is 5.32 Å². The molecule has 1 aliphatic rings. The zero-order valence-electron chi connectivity index (χ0n) is 13.7. The number of alkyl halides is 2. The van der Waals surface area contributed by atoms with E-state index >= 15 is 0 Å². The molecule has 3 aromatic rings. The first kappa shape index (κ1) is 16.8. The Bertz CT molecular complexity index is 987. The molecule has 0 saturated heterocycles. The Balaban J connectivity index is 1.58. The SMILES string of the molecule is O=C(Nc1ccc2c(c1)Cc1ccccc1-2)c1ccccc1SC(F)F. The lowest BCUT2D eigenvalue weighted by Crippen LogP contribution is -2.13. The molecule has 0 atom stereocenters. The van der Waals surface area contributed by atoms with Crippen molar-refractivity contribution in [1.82, 2.24) is 0 Å². The zero-order valence-corrected chi connectivity index (χ0v) is 14.5. The molecular weight excluding hydrogens is 352 g/mol. The third kappa shape index (κ3) is 3.22. The maximum atomic E-state index is 12.7. The predicted octanol–water partition coefficient (Wildman–Crippen LogP) is 5.82. The number of nitrogens with one attached hydrogen (secondary N) is 1. The van der Waals surface area contributed by atoms with Gasteiger partial charge in [-0.05, 0) is 52.9 Å².